The zero-order valence-corrected chi connectivity index (χ0v) is 15.6. The van der Waals surface area contributed by atoms with Crippen molar-refractivity contribution in [1.82, 2.24) is 15.0 Å². The van der Waals surface area contributed by atoms with Crippen molar-refractivity contribution in [3.05, 3.63) is 64.4 Å². The van der Waals surface area contributed by atoms with Gasteiger partial charge < -0.3 is 13.8 Å². The number of benzene rings is 1. The van der Waals surface area contributed by atoms with E-state index >= 15 is 0 Å². The van der Waals surface area contributed by atoms with Gasteiger partial charge in [0.25, 0.3) is 11.6 Å². The molecular formula is C19H20N4O5. The standard InChI is InChI=1S/C19H20N4O5/c1-3-13(2)22(19(24)16-5-4-12-27-16)11-10-17-20-18(21-28-17)14-6-8-15(9-7-14)23(25)26/h4-9,12-13H,3,10-11H2,1-2H3/t13-/m1/s1. The highest BCUT2D eigenvalue weighted by atomic mass is 16.6. The molecule has 1 aromatic carbocycles. The quantitative estimate of drug-likeness (QED) is 0.429. The van der Waals surface area contributed by atoms with E-state index in [1.54, 1.807) is 29.2 Å². The number of rotatable bonds is 8. The Balaban J connectivity index is 1.69. The number of hydrogen-bond donors (Lipinski definition) is 0. The second-order valence-electron chi connectivity index (χ2n) is 6.30. The Morgan fingerprint density at radius 2 is 2.04 bits per heavy atom. The third-order valence-electron chi connectivity index (χ3n) is 4.49. The van der Waals surface area contributed by atoms with Gasteiger partial charge in [0, 0.05) is 36.7 Å². The molecule has 0 aliphatic heterocycles. The fraction of sp³-hybridized carbons (Fsp3) is 0.316. The Labute approximate surface area is 161 Å². The summed E-state index contributed by atoms with van der Waals surface area (Å²) >= 11 is 0. The van der Waals surface area contributed by atoms with Crippen LogP contribution in [-0.4, -0.2) is 38.5 Å². The van der Waals surface area contributed by atoms with Gasteiger partial charge in [-0.25, -0.2) is 0 Å². The second kappa shape index (κ2) is 8.47. The molecule has 9 nitrogen and oxygen atoms in total. The summed E-state index contributed by atoms with van der Waals surface area (Å²) in [5.41, 5.74) is 0.610. The minimum atomic E-state index is -0.467. The van der Waals surface area contributed by atoms with Crippen molar-refractivity contribution < 1.29 is 18.7 Å². The lowest BCUT2D eigenvalue weighted by molar-refractivity contribution is -0.384. The van der Waals surface area contributed by atoms with E-state index < -0.39 is 4.92 Å². The zero-order valence-electron chi connectivity index (χ0n) is 15.6. The molecule has 28 heavy (non-hydrogen) atoms. The van der Waals surface area contributed by atoms with E-state index in [4.69, 9.17) is 8.94 Å². The number of non-ortho nitro benzene ring substituents is 1. The molecule has 0 spiro atoms. The van der Waals surface area contributed by atoms with E-state index in [0.717, 1.165) is 6.42 Å². The number of aromatic nitrogens is 2. The van der Waals surface area contributed by atoms with Crippen LogP contribution in [0.3, 0.4) is 0 Å². The number of hydrogen-bond acceptors (Lipinski definition) is 7. The second-order valence-corrected chi connectivity index (χ2v) is 6.30. The Kier molecular flexibility index (Phi) is 5.83. The Morgan fingerprint density at radius 3 is 2.64 bits per heavy atom. The van der Waals surface area contributed by atoms with Crippen molar-refractivity contribution in [3.63, 3.8) is 0 Å². The molecule has 0 aliphatic carbocycles. The summed E-state index contributed by atoms with van der Waals surface area (Å²) < 4.78 is 10.5. The SMILES string of the molecule is CC[C@@H](C)N(CCc1nc(-c2ccc([N+](=O)[O-])cc2)no1)C(=O)c1ccco1. The summed E-state index contributed by atoms with van der Waals surface area (Å²) in [5, 5.41) is 14.7. The molecule has 0 unspecified atom stereocenters. The van der Waals surface area contributed by atoms with Crippen molar-refractivity contribution in [1.29, 1.82) is 0 Å². The van der Waals surface area contributed by atoms with Gasteiger partial charge in [-0.3, -0.25) is 14.9 Å². The molecule has 0 saturated heterocycles. The van der Waals surface area contributed by atoms with Gasteiger partial charge in [0.15, 0.2) is 5.76 Å². The number of carbonyl (C=O) groups excluding carboxylic acids is 1. The maximum Gasteiger partial charge on any atom is 0.289 e. The Hall–Kier alpha value is -3.49. The Morgan fingerprint density at radius 1 is 1.29 bits per heavy atom. The molecule has 2 aromatic heterocycles. The van der Waals surface area contributed by atoms with E-state index in [2.05, 4.69) is 10.1 Å². The van der Waals surface area contributed by atoms with Crippen LogP contribution in [0, 0.1) is 10.1 Å². The molecule has 0 saturated carbocycles. The zero-order chi connectivity index (χ0) is 20.1. The van der Waals surface area contributed by atoms with Gasteiger partial charge in [0.2, 0.25) is 11.7 Å². The van der Waals surface area contributed by atoms with E-state index in [9.17, 15) is 14.9 Å². The maximum absolute atomic E-state index is 12.7. The van der Waals surface area contributed by atoms with Gasteiger partial charge in [0.05, 0.1) is 11.2 Å². The lowest BCUT2D eigenvalue weighted by atomic mass is 10.2. The molecule has 0 N–H and O–H groups in total. The lowest BCUT2D eigenvalue weighted by Gasteiger charge is -2.27. The minimum absolute atomic E-state index is 0.00639. The molecule has 2 heterocycles. The molecule has 0 aliphatic rings. The van der Waals surface area contributed by atoms with Crippen LogP contribution in [0.2, 0.25) is 0 Å². The van der Waals surface area contributed by atoms with Gasteiger partial charge in [0.1, 0.15) is 0 Å². The van der Waals surface area contributed by atoms with Crippen molar-refractivity contribution in [2.45, 2.75) is 32.7 Å². The fourth-order valence-corrected chi connectivity index (χ4v) is 2.71. The van der Waals surface area contributed by atoms with Gasteiger partial charge in [-0.2, -0.15) is 4.98 Å². The summed E-state index contributed by atoms with van der Waals surface area (Å²) in [6.07, 6.45) is 2.65. The van der Waals surface area contributed by atoms with Crippen LogP contribution in [0.4, 0.5) is 5.69 Å². The number of nitrogens with zero attached hydrogens (tertiary/aromatic N) is 4. The average Bonchev–Trinajstić information content (AvgIpc) is 3.40. The first kappa shape index (κ1) is 19.3. The molecule has 3 aromatic rings. The smallest absolute Gasteiger partial charge is 0.289 e. The van der Waals surface area contributed by atoms with Crippen LogP contribution in [-0.2, 0) is 6.42 Å². The van der Waals surface area contributed by atoms with Gasteiger partial charge >= 0.3 is 0 Å². The number of amides is 1. The molecule has 1 atom stereocenters. The molecule has 0 bridgehead atoms. The summed E-state index contributed by atoms with van der Waals surface area (Å²) in [6.45, 7) is 4.37. The van der Waals surface area contributed by atoms with Gasteiger partial charge in [-0.15, -0.1) is 0 Å². The summed E-state index contributed by atoms with van der Waals surface area (Å²) in [5.74, 6) is 0.832. The van der Waals surface area contributed by atoms with E-state index in [0.29, 0.717) is 30.2 Å². The Bertz CT molecular complexity index is 934. The van der Waals surface area contributed by atoms with Gasteiger partial charge in [-0.05, 0) is 37.6 Å². The highest BCUT2D eigenvalue weighted by molar-refractivity contribution is 5.91. The first-order valence-electron chi connectivity index (χ1n) is 8.91. The number of carbonyl (C=O) groups is 1. The summed E-state index contributed by atoms with van der Waals surface area (Å²) in [6, 6.07) is 9.25. The number of nitro groups is 1. The average molecular weight is 384 g/mol. The molecule has 9 heteroatoms. The monoisotopic (exact) mass is 384 g/mol. The van der Waals surface area contributed by atoms with Gasteiger partial charge in [-0.1, -0.05) is 12.1 Å². The van der Waals surface area contributed by atoms with Crippen LogP contribution in [0.5, 0.6) is 0 Å². The van der Waals surface area contributed by atoms with Crippen LogP contribution in [0.15, 0.2) is 51.6 Å². The van der Waals surface area contributed by atoms with Crippen LogP contribution < -0.4 is 0 Å². The molecule has 0 radical (unpaired) electrons. The molecule has 1 amide bonds. The molecule has 146 valence electrons. The summed E-state index contributed by atoms with van der Waals surface area (Å²) in [7, 11) is 0. The first-order chi connectivity index (χ1) is 13.5. The van der Waals surface area contributed by atoms with Crippen LogP contribution in [0.25, 0.3) is 11.4 Å². The third kappa shape index (κ3) is 4.25. The van der Waals surface area contributed by atoms with E-state index in [-0.39, 0.29) is 23.4 Å². The number of nitro benzene ring substituents is 1. The van der Waals surface area contributed by atoms with E-state index in [1.165, 1.54) is 18.4 Å². The highest BCUT2D eigenvalue weighted by Crippen LogP contribution is 2.20. The van der Waals surface area contributed by atoms with Crippen LogP contribution in [0.1, 0.15) is 36.7 Å². The molecule has 3 rings (SSSR count). The molecule has 0 fully saturated rings. The maximum atomic E-state index is 12.7. The predicted octanol–water partition coefficient (Wildman–Crippen LogP) is 3.72. The minimum Gasteiger partial charge on any atom is -0.459 e. The lowest BCUT2D eigenvalue weighted by Crippen LogP contribution is -2.39. The largest absolute Gasteiger partial charge is 0.459 e. The van der Waals surface area contributed by atoms with Crippen molar-refractivity contribution in [2.75, 3.05) is 6.54 Å². The summed E-state index contributed by atoms with van der Waals surface area (Å²) in [4.78, 5) is 29.0. The van der Waals surface area contributed by atoms with Crippen LogP contribution >= 0.6 is 0 Å². The first-order valence-corrected chi connectivity index (χ1v) is 8.91. The third-order valence-corrected chi connectivity index (χ3v) is 4.49. The van der Waals surface area contributed by atoms with Crippen molar-refractivity contribution in [3.8, 4) is 11.4 Å². The van der Waals surface area contributed by atoms with Crippen molar-refractivity contribution >= 4 is 11.6 Å². The fourth-order valence-electron chi connectivity index (χ4n) is 2.71. The van der Waals surface area contributed by atoms with E-state index in [1.807, 2.05) is 13.8 Å². The topological polar surface area (TPSA) is 116 Å². The predicted molar refractivity (Wildman–Crippen MR) is 99.6 cm³/mol. The normalized spacial score (nSPS) is 11.9. The number of furan rings is 1. The molecular weight excluding hydrogens is 364 g/mol. The van der Waals surface area contributed by atoms with Crippen molar-refractivity contribution in [2.24, 2.45) is 0 Å². The highest BCUT2D eigenvalue weighted by Gasteiger charge is 2.23.